The predicted octanol–water partition coefficient (Wildman–Crippen LogP) is 4.33. The van der Waals surface area contributed by atoms with Crippen molar-refractivity contribution in [3.63, 3.8) is 0 Å². The fourth-order valence-corrected chi connectivity index (χ4v) is 3.05. The highest BCUT2D eigenvalue weighted by atomic mass is 79.9. The zero-order valence-corrected chi connectivity index (χ0v) is 13.8. The Hall–Kier alpha value is -0.330. The summed E-state index contributed by atoms with van der Waals surface area (Å²) in [6.45, 7) is 4.56. The number of halogens is 3. The quantitative estimate of drug-likeness (QED) is 0.697. The standard InChI is InChI=1S/C12H15BrClFO3S/c1-3-8(4-2)7-18-11-6-10(15)12(5-9(11)13)19(14,16)17/h5-6,8H,3-4,7H2,1-2H3. The summed E-state index contributed by atoms with van der Waals surface area (Å²) in [5.41, 5.74) is 0. The fraction of sp³-hybridized carbons (Fsp3) is 0.500. The molecule has 0 aliphatic heterocycles. The van der Waals surface area contributed by atoms with Crippen LogP contribution < -0.4 is 4.74 Å². The first-order chi connectivity index (χ1) is 8.79. The van der Waals surface area contributed by atoms with Crippen molar-refractivity contribution in [1.82, 2.24) is 0 Å². The van der Waals surface area contributed by atoms with Crippen molar-refractivity contribution >= 4 is 35.7 Å². The molecule has 0 radical (unpaired) electrons. The highest BCUT2D eigenvalue weighted by Gasteiger charge is 2.19. The van der Waals surface area contributed by atoms with Crippen molar-refractivity contribution in [3.05, 3.63) is 22.4 Å². The molecule has 0 aliphatic carbocycles. The smallest absolute Gasteiger partial charge is 0.264 e. The van der Waals surface area contributed by atoms with Crippen LogP contribution in [0.2, 0.25) is 0 Å². The Morgan fingerprint density at radius 3 is 2.42 bits per heavy atom. The van der Waals surface area contributed by atoms with Gasteiger partial charge < -0.3 is 4.74 Å². The summed E-state index contributed by atoms with van der Waals surface area (Å²) in [7, 11) is 1.03. The maximum atomic E-state index is 13.6. The predicted molar refractivity (Wildman–Crippen MR) is 76.7 cm³/mol. The number of rotatable bonds is 6. The molecule has 0 amide bonds. The first-order valence-corrected chi connectivity index (χ1v) is 8.96. The zero-order valence-electron chi connectivity index (χ0n) is 10.6. The molecule has 0 saturated carbocycles. The van der Waals surface area contributed by atoms with Crippen LogP contribution in [0.5, 0.6) is 5.75 Å². The molecule has 0 N–H and O–H groups in total. The number of benzene rings is 1. The van der Waals surface area contributed by atoms with E-state index in [-0.39, 0.29) is 5.75 Å². The third-order valence-electron chi connectivity index (χ3n) is 2.88. The molecule has 19 heavy (non-hydrogen) atoms. The minimum atomic E-state index is -4.10. The molecular formula is C12H15BrClFO3S. The van der Waals surface area contributed by atoms with E-state index in [2.05, 4.69) is 29.8 Å². The van der Waals surface area contributed by atoms with E-state index in [1.807, 2.05) is 0 Å². The normalized spacial score (nSPS) is 11.9. The highest BCUT2D eigenvalue weighted by molar-refractivity contribution is 9.10. The Balaban J connectivity index is 2.97. The van der Waals surface area contributed by atoms with Crippen LogP contribution in [-0.2, 0) is 9.05 Å². The van der Waals surface area contributed by atoms with Crippen LogP contribution in [0.15, 0.2) is 21.5 Å². The molecule has 1 aromatic carbocycles. The Kier molecular flexibility index (Phi) is 6.08. The van der Waals surface area contributed by atoms with Crippen LogP contribution in [0.3, 0.4) is 0 Å². The second-order valence-electron chi connectivity index (χ2n) is 4.14. The Bertz CT molecular complexity index is 544. The van der Waals surface area contributed by atoms with Crippen molar-refractivity contribution in [2.24, 2.45) is 5.92 Å². The SMILES string of the molecule is CCC(CC)COc1cc(F)c(S(=O)(=O)Cl)cc1Br. The van der Waals surface area contributed by atoms with Gasteiger partial charge in [0.2, 0.25) is 0 Å². The third-order valence-corrected chi connectivity index (χ3v) is 4.83. The molecule has 3 nitrogen and oxygen atoms in total. The Labute approximate surface area is 125 Å². The van der Waals surface area contributed by atoms with Crippen LogP contribution in [-0.4, -0.2) is 15.0 Å². The summed E-state index contributed by atoms with van der Waals surface area (Å²) in [5, 5.41) is 0. The lowest BCUT2D eigenvalue weighted by Gasteiger charge is -2.15. The summed E-state index contributed by atoms with van der Waals surface area (Å²) in [6, 6.07) is 2.14. The van der Waals surface area contributed by atoms with E-state index in [0.717, 1.165) is 25.0 Å². The van der Waals surface area contributed by atoms with Gasteiger partial charge in [0, 0.05) is 16.7 Å². The molecule has 1 aromatic rings. The lowest BCUT2D eigenvalue weighted by Crippen LogP contribution is -2.10. The largest absolute Gasteiger partial charge is 0.492 e. The average molecular weight is 374 g/mol. The second-order valence-corrected chi connectivity index (χ2v) is 7.53. The maximum Gasteiger partial charge on any atom is 0.264 e. The monoisotopic (exact) mass is 372 g/mol. The molecule has 0 aromatic heterocycles. The second kappa shape index (κ2) is 6.90. The van der Waals surface area contributed by atoms with E-state index in [1.54, 1.807) is 0 Å². The molecule has 0 spiro atoms. The van der Waals surface area contributed by atoms with E-state index in [9.17, 15) is 12.8 Å². The van der Waals surface area contributed by atoms with Gasteiger partial charge in [-0.15, -0.1) is 0 Å². The van der Waals surface area contributed by atoms with Crippen LogP contribution in [0.25, 0.3) is 0 Å². The van der Waals surface area contributed by atoms with Gasteiger partial charge in [0.25, 0.3) is 9.05 Å². The molecule has 0 bridgehead atoms. The minimum absolute atomic E-state index is 0.272. The van der Waals surface area contributed by atoms with Gasteiger partial charge in [0.05, 0.1) is 11.1 Å². The Morgan fingerprint density at radius 2 is 1.95 bits per heavy atom. The van der Waals surface area contributed by atoms with Gasteiger partial charge in [-0.2, -0.15) is 0 Å². The van der Waals surface area contributed by atoms with Crippen molar-refractivity contribution in [2.75, 3.05) is 6.61 Å². The fourth-order valence-electron chi connectivity index (χ4n) is 1.54. The maximum absolute atomic E-state index is 13.6. The van der Waals surface area contributed by atoms with E-state index in [4.69, 9.17) is 15.4 Å². The highest BCUT2D eigenvalue weighted by Crippen LogP contribution is 2.32. The van der Waals surface area contributed by atoms with Gasteiger partial charge in [-0.25, -0.2) is 12.8 Å². The van der Waals surface area contributed by atoms with Gasteiger partial charge in [-0.1, -0.05) is 26.7 Å². The van der Waals surface area contributed by atoms with E-state index in [1.165, 1.54) is 0 Å². The first-order valence-electron chi connectivity index (χ1n) is 5.86. The van der Waals surface area contributed by atoms with Gasteiger partial charge in [0.15, 0.2) is 0 Å². The van der Waals surface area contributed by atoms with Crippen molar-refractivity contribution < 1.29 is 17.5 Å². The Morgan fingerprint density at radius 1 is 1.37 bits per heavy atom. The van der Waals surface area contributed by atoms with Crippen molar-refractivity contribution in [1.29, 1.82) is 0 Å². The summed E-state index contributed by atoms with van der Waals surface area (Å²) in [4.78, 5) is -0.559. The summed E-state index contributed by atoms with van der Waals surface area (Å²) in [6.07, 6.45) is 1.93. The van der Waals surface area contributed by atoms with Gasteiger partial charge in [0.1, 0.15) is 16.5 Å². The van der Waals surface area contributed by atoms with Crippen LogP contribution in [0, 0.1) is 11.7 Å². The summed E-state index contributed by atoms with van der Waals surface area (Å²) in [5.74, 6) is -0.266. The van der Waals surface area contributed by atoms with Gasteiger partial charge >= 0.3 is 0 Å². The summed E-state index contributed by atoms with van der Waals surface area (Å²) < 4.78 is 41.8. The zero-order chi connectivity index (χ0) is 14.6. The summed E-state index contributed by atoms with van der Waals surface area (Å²) >= 11 is 3.15. The topological polar surface area (TPSA) is 43.4 Å². The van der Waals surface area contributed by atoms with E-state index < -0.39 is 19.8 Å². The number of hydrogen-bond acceptors (Lipinski definition) is 3. The van der Waals surface area contributed by atoms with Crippen LogP contribution >= 0.6 is 26.6 Å². The van der Waals surface area contributed by atoms with Gasteiger partial charge in [-0.3, -0.25) is 0 Å². The molecule has 0 atom stereocenters. The van der Waals surface area contributed by atoms with Gasteiger partial charge in [-0.05, 0) is 27.9 Å². The van der Waals surface area contributed by atoms with Crippen LogP contribution in [0.4, 0.5) is 4.39 Å². The van der Waals surface area contributed by atoms with Crippen molar-refractivity contribution in [2.45, 2.75) is 31.6 Å². The molecule has 0 aliphatic rings. The lowest BCUT2D eigenvalue weighted by atomic mass is 10.1. The lowest BCUT2D eigenvalue weighted by molar-refractivity contribution is 0.238. The first kappa shape index (κ1) is 16.7. The molecule has 0 unspecified atom stereocenters. The average Bonchev–Trinajstić information content (AvgIpc) is 2.32. The van der Waals surface area contributed by atoms with Crippen molar-refractivity contribution in [3.8, 4) is 5.75 Å². The third kappa shape index (κ3) is 4.61. The van der Waals surface area contributed by atoms with E-state index >= 15 is 0 Å². The van der Waals surface area contributed by atoms with Crippen LogP contribution in [0.1, 0.15) is 26.7 Å². The molecule has 7 heteroatoms. The molecular weight excluding hydrogens is 359 g/mol. The molecule has 108 valence electrons. The number of hydrogen-bond donors (Lipinski definition) is 0. The minimum Gasteiger partial charge on any atom is -0.492 e. The molecule has 0 heterocycles. The molecule has 1 rings (SSSR count). The molecule has 0 saturated heterocycles. The van der Waals surface area contributed by atoms with E-state index in [0.29, 0.717) is 17.0 Å². The number of ether oxygens (including phenoxy) is 1. The molecule has 0 fully saturated rings.